The van der Waals surface area contributed by atoms with Crippen LogP contribution in [0.2, 0.25) is 0 Å². The number of halogens is 1. The SMILES string of the molecule is O=C(c1ccccc1)C(I)C(OC1Cc2ccccc2C1)c1ccccc1. The molecular weight excluding hydrogens is 447 g/mol. The molecule has 0 radical (unpaired) electrons. The van der Waals surface area contributed by atoms with Crippen LogP contribution < -0.4 is 0 Å². The molecule has 136 valence electrons. The highest BCUT2D eigenvalue weighted by Gasteiger charge is 2.33. The van der Waals surface area contributed by atoms with Crippen molar-refractivity contribution in [3.05, 3.63) is 107 Å². The van der Waals surface area contributed by atoms with Gasteiger partial charge in [0.15, 0.2) is 5.78 Å². The largest absolute Gasteiger partial charge is 0.368 e. The highest BCUT2D eigenvalue weighted by Crippen LogP contribution is 2.34. The molecule has 2 nitrogen and oxygen atoms in total. The number of rotatable bonds is 6. The second kappa shape index (κ2) is 8.36. The van der Waals surface area contributed by atoms with Gasteiger partial charge in [0.1, 0.15) is 10.0 Å². The van der Waals surface area contributed by atoms with Crippen LogP contribution >= 0.6 is 22.6 Å². The molecule has 2 atom stereocenters. The Bertz CT molecular complexity index is 883. The molecule has 0 heterocycles. The van der Waals surface area contributed by atoms with Gasteiger partial charge in [0.05, 0.1) is 6.10 Å². The number of Topliss-reactive ketones (excluding diaryl/α,β-unsaturated/α-hetero) is 1. The molecule has 2 unspecified atom stereocenters. The van der Waals surface area contributed by atoms with Crippen molar-refractivity contribution in [3.8, 4) is 0 Å². The van der Waals surface area contributed by atoms with Crippen LogP contribution in [0.4, 0.5) is 0 Å². The van der Waals surface area contributed by atoms with E-state index in [4.69, 9.17) is 4.74 Å². The smallest absolute Gasteiger partial charge is 0.178 e. The summed E-state index contributed by atoms with van der Waals surface area (Å²) >= 11 is 2.25. The molecule has 0 spiro atoms. The molecule has 27 heavy (non-hydrogen) atoms. The van der Waals surface area contributed by atoms with E-state index in [1.54, 1.807) is 0 Å². The van der Waals surface area contributed by atoms with Crippen LogP contribution in [0.15, 0.2) is 84.9 Å². The lowest BCUT2D eigenvalue weighted by molar-refractivity contribution is -0.00412. The second-order valence-electron chi connectivity index (χ2n) is 6.90. The zero-order chi connectivity index (χ0) is 18.6. The fourth-order valence-corrected chi connectivity index (χ4v) is 4.62. The lowest BCUT2D eigenvalue weighted by Gasteiger charge is -2.26. The normalized spacial score (nSPS) is 15.9. The van der Waals surface area contributed by atoms with Crippen molar-refractivity contribution in [1.29, 1.82) is 0 Å². The molecule has 1 aliphatic rings. The summed E-state index contributed by atoms with van der Waals surface area (Å²) in [5.74, 6) is 0.112. The molecule has 0 aromatic heterocycles. The van der Waals surface area contributed by atoms with Gasteiger partial charge in [0, 0.05) is 5.56 Å². The summed E-state index contributed by atoms with van der Waals surface area (Å²) < 4.78 is 6.27. The van der Waals surface area contributed by atoms with Crippen LogP contribution in [0.5, 0.6) is 0 Å². The van der Waals surface area contributed by atoms with E-state index in [1.807, 2.05) is 48.5 Å². The predicted molar refractivity (Wildman–Crippen MR) is 116 cm³/mol. The first kappa shape index (κ1) is 18.4. The minimum Gasteiger partial charge on any atom is -0.368 e. The summed E-state index contributed by atoms with van der Waals surface area (Å²) in [4.78, 5) is 13.1. The predicted octanol–water partition coefficient (Wildman–Crippen LogP) is 5.60. The number of carbonyl (C=O) groups is 1. The summed E-state index contributed by atoms with van der Waals surface area (Å²) in [5.41, 5.74) is 4.50. The van der Waals surface area contributed by atoms with E-state index in [1.165, 1.54) is 11.1 Å². The van der Waals surface area contributed by atoms with Gasteiger partial charge in [-0.25, -0.2) is 0 Å². The van der Waals surface area contributed by atoms with Gasteiger partial charge in [0.2, 0.25) is 0 Å². The molecule has 3 heteroatoms. The molecule has 4 rings (SSSR count). The highest BCUT2D eigenvalue weighted by molar-refractivity contribution is 14.1. The summed E-state index contributed by atoms with van der Waals surface area (Å²) in [6, 6.07) is 28.1. The van der Waals surface area contributed by atoms with Crippen LogP contribution in [0.1, 0.15) is 33.2 Å². The molecule has 0 N–H and O–H groups in total. The van der Waals surface area contributed by atoms with Crippen molar-refractivity contribution < 1.29 is 9.53 Å². The van der Waals surface area contributed by atoms with Gasteiger partial charge in [-0.15, -0.1) is 0 Å². The number of hydrogen-bond acceptors (Lipinski definition) is 2. The Morgan fingerprint density at radius 3 is 1.93 bits per heavy atom. The Labute approximate surface area is 173 Å². The lowest BCUT2D eigenvalue weighted by Crippen LogP contribution is -2.29. The first-order valence-electron chi connectivity index (χ1n) is 9.23. The van der Waals surface area contributed by atoms with Crippen LogP contribution in [0, 0.1) is 0 Å². The second-order valence-corrected chi connectivity index (χ2v) is 8.24. The van der Waals surface area contributed by atoms with Gasteiger partial charge in [-0.3, -0.25) is 4.79 Å². The number of benzene rings is 3. The number of ketones is 1. The summed E-state index contributed by atoms with van der Waals surface area (Å²) in [5, 5.41) is 0. The van der Waals surface area contributed by atoms with Gasteiger partial charge in [-0.05, 0) is 29.5 Å². The molecule has 3 aromatic carbocycles. The lowest BCUT2D eigenvalue weighted by atomic mass is 9.99. The van der Waals surface area contributed by atoms with Gasteiger partial charge < -0.3 is 4.74 Å². The molecule has 0 saturated carbocycles. The summed E-state index contributed by atoms with van der Waals surface area (Å²) in [6.45, 7) is 0. The maximum absolute atomic E-state index is 13.1. The first-order chi connectivity index (χ1) is 13.2. The van der Waals surface area contributed by atoms with Crippen LogP contribution in [0.3, 0.4) is 0 Å². The third kappa shape index (κ3) is 4.14. The van der Waals surface area contributed by atoms with Crippen molar-refractivity contribution in [3.63, 3.8) is 0 Å². The fourth-order valence-electron chi connectivity index (χ4n) is 3.68. The van der Waals surface area contributed by atoms with Gasteiger partial charge in [0.25, 0.3) is 0 Å². The van der Waals surface area contributed by atoms with E-state index in [2.05, 4.69) is 59.0 Å². The van der Waals surface area contributed by atoms with Gasteiger partial charge in [-0.2, -0.15) is 0 Å². The van der Waals surface area contributed by atoms with E-state index < -0.39 is 0 Å². The van der Waals surface area contributed by atoms with Crippen LogP contribution in [-0.2, 0) is 17.6 Å². The van der Waals surface area contributed by atoms with E-state index in [9.17, 15) is 4.79 Å². The Hall–Kier alpha value is -1.98. The van der Waals surface area contributed by atoms with Gasteiger partial charge in [-0.1, -0.05) is 108 Å². The quantitative estimate of drug-likeness (QED) is 0.268. The van der Waals surface area contributed by atoms with Crippen molar-refractivity contribution in [2.24, 2.45) is 0 Å². The average molecular weight is 468 g/mol. The Morgan fingerprint density at radius 1 is 0.815 bits per heavy atom. The number of hydrogen-bond donors (Lipinski definition) is 0. The highest BCUT2D eigenvalue weighted by atomic mass is 127. The van der Waals surface area contributed by atoms with Crippen LogP contribution in [-0.4, -0.2) is 15.8 Å². The van der Waals surface area contributed by atoms with E-state index >= 15 is 0 Å². The van der Waals surface area contributed by atoms with Crippen molar-refractivity contribution in [2.75, 3.05) is 0 Å². The Morgan fingerprint density at radius 2 is 1.33 bits per heavy atom. The Kier molecular flexibility index (Phi) is 5.69. The molecule has 0 saturated heterocycles. The maximum atomic E-state index is 13.1. The molecule has 3 aromatic rings. The van der Waals surface area contributed by atoms with E-state index in [0.717, 1.165) is 24.0 Å². The summed E-state index contributed by atoms with van der Waals surface area (Å²) in [7, 11) is 0. The minimum atomic E-state index is -0.281. The summed E-state index contributed by atoms with van der Waals surface area (Å²) in [6.07, 6.45) is 1.65. The topological polar surface area (TPSA) is 26.3 Å². The number of alkyl halides is 1. The molecule has 0 bridgehead atoms. The van der Waals surface area contributed by atoms with E-state index in [0.29, 0.717) is 0 Å². The first-order valence-corrected chi connectivity index (χ1v) is 10.5. The standard InChI is InChI=1S/C24H21IO2/c25-22(23(26)17-9-3-1-4-10-17)24(18-11-5-2-6-12-18)27-21-15-19-13-7-8-14-20(19)16-21/h1-14,21-22,24H,15-16H2. The third-order valence-electron chi connectivity index (χ3n) is 5.06. The van der Waals surface area contributed by atoms with Crippen molar-refractivity contribution in [1.82, 2.24) is 0 Å². The zero-order valence-corrected chi connectivity index (χ0v) is 17.1. The van der Waals surface area contributed by atoms with E-state index in [-0.39, 0.29) is 21.9 Å². The maximum Gasteiger partial charge on any atom is 0.178 e. The molecule has 0 fully saturated rings. The Balaban J connectivity index is 1.58. The van der Waals surface area contributed by atoms with Crippen molar-refractivity contribution >= 4 is 28.4 Å². The fraction of sp³-hybridized carbons (Fsp3) is 0.208. The van der Waals surface area contributed by atoms with Crippen LogP contribution in [0.25, 0.3) is 0 Å². The third-order valence-corrected chi connectivity index (χ3v) is 6.27. The zero-order valence-electron chi connectivity index (χ0n) is 14.9. The monoisotopic (exact) mass is 468 g/mol. The molecular formula is C24H21IO2. The number of ether oxygens (including phenoxy) is 1. The minimum absolute atomic E-state index is 0.105. The molecule has 0 aliphatic heterocycles. The number of fused-ring (bicyclic) bond motifs is 1. The molecule has 0 amide bonds. The number of carbonyl (C=O) groups excluding carboxylic acids is 1. The average Bonchev–Trinajstić information content (AvgIpc) is 3.15. The van der Waals surface area contributed by atoms with Gasteiger partial charge >= 0.3 is 0 Å². The van der Waals surface area contributed by atoms with Crippen molar-refractivity contribution in [2.45, 2.75) is 29.0 Å². The molecule has 1 aliphatic carbocycles.